The van der Waals surface area contributed by atoms with Crippen molar-refractivity contribution in [3.8, 4) is 5.75 Å². The smallest absolute Gasteiger partial charge is 0.251 e. The number of hydrogen-bond donors (Lipinski definition) is 2. The number of nitrogens with one attached hydrogen (secondary N) is 1. The molecule has 0 spiro atoms. The standard InChI is InChI=1S/C29H31FN2O6S/c30-24-11-7-22(8-12-24)15-17-31-28(34)29(16-20-39(35,36)26-5-2-1-3-6-26)21-38-27(32-29)23-9-13-25(14-10-23)37-19-4-18-33/h1-3,5-14,33H,4,15-21H2,(H,31,34)/t29-/m1/s1. The molecule has 3 aromatic rings. The maximum Gasteiger partial charge on any atom is 0.251 e. The van der Waals surface area contributed by atoms with Gasteiger partial charge in [0.25, 0.3) is 5.91 Å². The Morgan fingerprint density at radius 3 is 2.46 bits per heavy atom. The molecule has 0 radical (unpaired) electrons. The second-order valence-electron chi connectivity index (χ2n) is 9.20. The number of aliphatic imine (C=N–C) groups is 1. The van der Waals surface area contributed by atoms with Crippen molar-refractivity contribution >= 4 is 21.6 Å². The Labute approximate surface area is 227 Å². The van der Waals surface area contributed by atoms with Gasteiger partial charge in [-0.3, -0.25) is 4.79 Å². The van der Waals surface area contributed by atoms with E-state index >= 15 is 0 Å². The van der Waals surface area contributed by atoms with E-state index in [-0.39, 0.29) is 48.5 Å². The molecule has 2 N–H and O–H groups in total. The van der Waals surface area contributed by atoms with Crippen LogP contribution in [0.25, 0.3) is 0 Å². The summed E-state index contributed by atoms with van der Waals surface area (Å²) in [5.74, 6) is -0.213. The Morgan fingerprint density at radius 2 is 1.77 bits per heavy atom. The first kappa shape index (κ1) is 28.3. The van der Waals surface area contributed by atoms with Crippen molar-refractivity contribution in [2.45, 2.75) is 29.7 Å². The van der Waals surface area contributed by atoms with Crippen LogP contribution < -0.4 is 10.1 Å². The molecule has 0 aromatic heterocycles. The SMILES string of the molecule is O=C(NCCc1ccc(F)cc1)[C@@]1(CCS(=O)(=O)c2ccccc2)COC(c2ccc(OCCCO)cc2)=N1. The minimum Gasteiger partial charge on any atom is -0.494 e. The van der Waals surface area contributed by atoms with Gasteiger partial charge in [0.1, 0.15) is 18.2 Å². The lowest BCUT2D eigenvalue weighted by Crippen LogP contribution is -2.48. The van der Waals surface area contributed by atoms with E-state index in [1.165, 1.54) is 24.3 Å². The second-order valence-corrected chi connectivity index (χ2v) is 11.3. The molecule has 1 heterocycles. The molecule has 4 rings (SSSR count). The Hall–Kier alpha value is -3.76. The molecule has 0 aliphatic carbocycles. The zero-order valence-corrected chi connectivity index (χ0v) is 22.2. The van der Waals surface area contributed by atoms with Crippen LogP contribution in [0.2, 0.25) is 0 Å². The number of halogens is 1. The van der Waals surface area contributed by atoms with Crippen LogP contribution in [-0.4, -0.2) is 63.0 Å². The van der Waals surface area contributed by atoms with Crippen molar-refractivity contribution < 1.29 is 32.2 Å². The van der Waals surface area contributed by atoms with Gasteiger partial charge in [0.05, 0.1) is 17.3 Å². The maximum absolute atomic E-state index is 13.4. The van der Waals surface area contributed by atoms with E-state index in [9.17, 15) is 17.6 Å². The third-order valence-corrected chi connectivity index (χ3v) is 8.09. The molecule has 0 saturated heterocycles. The van der Waals surface area contributed by atoms with Crippen molar-refractivity contribution in [3.05, 3.63) is 95.8 Å². The largest absolute Gasteiger partial charge is 0.494 e. The number of benzene rings is 3. The van der Waals surface area contributed by atoms with Gasteiger partial charge in [-0.2, -0.15) is 0 Å². The Balaban J connectivity index is 1.51. The van der Waals surface area contributed by atoms with Crippen molar-refractivity contribution in [1.29, 1.82) is 0 Å². The highest BCUT2D eigenvalue weighted by atomic mass is 32.2. The summed E-state index contributed by atoms with van der Waals surface area (Å²) in [5, 5.41) is 11.8. The Kier molecular flexibility index (Phi) is 9.32. The van der Waals surface area contributed by atoms with Gasteiger partial charge in [-0.1, -0.05) is 30.3 Å². The molecule has 3 aromatic carbocycles. The highest BCUT2D eigenvalue weighted by molar-refractivity contribution is 7.91. The highest BCUT2D eigenvalue weighted by Gasteiger charge is 2.45. The number of carbonyl (C=O) groups is 1. The van der Waals surface area contributed by atoms with E-state index in [0.717, 1.165) is 5.56 Å². The lowest BCUT2D eigenvalue weighted by Gasteiger charge is -2.23. The van der Waals surface area contributed by atoms with Crippen molar-refractivity contribution in [2.75, 3.05) is 32.1 Å². The minimum atomic E-state index is -3.66. The molecule has 10 heteroatoms. The van der Waals surface area contributed by atoms with Crippen molar-refractivity contribution in [3.63, 3.8) is 0 Å². The predicted octanol–water partition coefficient (Wildman–Crippen LogP) is 3.33. The van der Waals surface area contributed by atoms with Crippen molar-refractivity contribution in [2.24, 2.45) is 4.99 Å². The van der Waals surface area contributed by atoms with E-state index < -0.39 is 21.3 Å². The van der Waals surface area contributed by atoms with Gasteiger partial charge in [-0.05, 0) is 66.9 Å². The molecule has 1 aliphatic heterocycles. The summed E-state index contributed by atoms with van der Waals surface area (Å²) in [7, 11) is -3.66. The Morgan fingerprint density at radius 1 is 1.05 bits per heavy atom. The van der Waals surface area contributed by atoms with Crippen molar-refractivity contribution in [1.82, 2.24) is 5.32 Å². The molecular formula is C29H31FN2O6S. The number of aliphatic hydroxyl groups is 1. The third kappa shape index (κ3) is 7.42. The van der Waals surface area contributed by atoms with Crippen LogP contribution in [-0.2, 0) is 25.8 Å². The van der Waals surface area contributed by atoms with E-state index in [0.29, 0.717) is 30.8 Å². The van der Waals surface area contributed by atoms with Crippen LogP contribution in [0.5, 0.6) is 5.75 Å². The monoisotopic (exact) mass is 554 g/mol. The van der Waals surface area contributed by atoms with Crippen LogP contribution in [0.4, 0.5) is 4.39 Å². The Bertz CT molecular complexity index is 1380. The number of sulfone groups is 1. The van der Waals surface area contributed by atoms with Crippen LogP contribution in [0.1, 0.15) is 24.0 Å². The molecule has 0 bridgehead atoms. The van der Waals surface area contributed by atoms with Gasteiger partial charge in [-0.15, -0.1) is 0 Å². The fourth-order valence-corrected chi connectivity index (χ4v) is 5.50. The number of hydrogen-bond acceptors (Lipinski definition) is 7. The first-order chi connectivity index (χ1) is 18.8. The van der Waals surface area contributed by atoms with Gasteiger partial charge in [0.2, 0.25) is 5.90 Å². The number of amides is 1. The van der Waals surface area contributed by atoms with Gasteiger partial charge in [0, 0.05) is 25.1 Å². The number of nitrogens with zero attached hydrogens (tertiary/aromatic N) is 1. The van der Waals surface area contributed by atoms with Crippen LogP contribution in [0.3, 0.4) is 0 Å². The lowest BCUT2D eigenvalue weighted by molar-refractivity contribution is -0.126. The first-order valence-corrected chi connectivity index (χ1v) is 14.3. The van der Waals surface area contributed by atoms with Gasteiger partial charge >= 0.3 is 0 Å². The van der Waals surface area contributed by atoms with E-state index in [4.69, 9.17) is 14.6 Å². The summed E-state index contributed by atoms with van der Waals surface area (Å²) < 4.78 is 50.6. The summed E-state index contributed by atoms with van der Waals surface area (Å²) in [5.41, 5.74) is 0.0398. The average molecular weight is 555 g/mol. The fourth-order valence-electron chi connectivity index (χ4n) is 4.09. The molecular weight excluding hydrogens is 523 g/mol. The van der Waals surface area contributed by atoms with Crippen LogP contribution in [0.15, 0.2) is 88.8 Å². The predicted molar refractivity (Wildman–Crippen MR) is 145 cm³/mol. The molecule has 1 amide bonds. The fraction of sp³-hybridized carbons (Fsp3) is 0.310. The minimum absolute atomic E-state index is 0.0385. The number of aliphatic hydroxyl groups excluding tert-OH is 1. The summed E-state index contributed by atoms with van der Waals surface area (Å²) in [6, 6.07) is 21.1. The highest BCUT2D eigenvalue weighted by Crippen LogP contribution is 2.28. The summed E-state index contributed by atoms with van der Waals surface area (Å²) in [4.78, 5) is 18.3. The summed E-state index contributed by atoms with van der Waals surface area (Å²) in [6.07, 6.45) is 0.917. The average Bonchev–Trinajstić information content (AvgIpc) is 3.40. The second kappa shape index (κ2) is 12.9. The molecule has 0 saturated carbocycles. The molecule has 1 aliphatic rings. The molecule has 0 unspecified atom stereocenters. The molecule has 206 valence electrons. The van der Waals surface area contributed by atoms with E-state index in [2.05, 4.69) is 10.3 Å². The normalized spacial score (nSPS) is 16.8. The zero-order chi connectivity index (χ0) is 27.7. The van der Waals surface area contributed by atoms with E-state index in [1.807, 2.05) is 0 Å². The van der Waals surface area contributed by atoms with E-state index in [1.54, 1.807) is 54.6 Å². The first-order valence-electron chi connectivity index (χ1n) is 12.7. The third-order valence-electron chi connectivity index (χ3n) is 6.36. The topological polar surface area (TPSA) is 114 Å². The van der Waals surface area contributed by atoms with Gasteiger partial charge in [0.15, 0.2) is 15.4 Å². The number of ether oxygens (including phenoxy) is 2. The quantitative estimate of drug-likeness (QED) is 0.314. The molecule has 1 atom stereocenters. The zero-order valence-electron chi connectivity index (χ0n) is 21.4. The summed E-state index contributed by atoms with van der Waals surface area (Å²) >= 11 is 0. The number of rotatable bonds is 13. The van der Waals surface area contributed by atoms with Crippen LogP contribution in [0, 0.1) is 5.82 Å². The summed E-state index contributed by atoms with van der Waals surface area (Å²) in [6.45, 7) is 0.577. The maximum atomic E-state index is 13.4. The van der Waals surface area contributed by atoms with Gasteiger partial charge < -0.3 is 19.9 Å². The molecule has 0 fully saturated rings. The van der Waals surface area contributed by atoms with Crippen LogP contribution >= 0.6 is 0 Å². The number of carbonyl (C=O) groups excluding carboxylic acids is 1. The molecule has 8 nitrogen and oxygen atoms in total. The molecule has 39 heavy (non-hydrogen) atoms. The van der Waals surface area contributed by atoms with Gasteiger partial charge in [-0.25, -0.2) is 17.8 Å². The lowest BCUT2D eigenvalue weighted by atomic mass is 9.97.